The Bertz CT molecular complexity index is 693. The minimum absolute atomic E-state index is 0.0543. The Morgan fingerprint density at radius 1 is 1.26 bits per heavy atom. The molecule has 0 unspecified atom stereocenters. The van der Waals surface area contributed by atoms with Crippen LogP contribution in [0, 0.1) is 13.8 Å². The standard InChI is InChI=1S/C11H15N5O2S/c1-8-4-5-10(6-9(8)2)19(17,18)12-7-11-13-14-15-16(11)3/h4-6,12H,7H2,1-3H3. The van der Waals surface area contributed by atoms with Crippen molar-refractivity contribution >= 4 is 10.0 Å². The first-order valence-corrected chi connectivity index (χ1v) is 7.16. The molecule has 2 rings (SSSR count). The third kappa shape index (κ3) is 2.96. The fourth-order valence-corrected chi connectivity index (χ4v) is 2.59. The maximum atomic E-state index is 12.1. The van der Waals surface area contributed by atoms with Gasteiger partial charge in [0.2, 0.25) is 10.0 Å². The summed E-state index contributed by atoms with van der Waals surface area (Å²) in [5, 5.41) is 10.8. The van der Waals surface area contributed by atoms with Crippen molar-refractivity contribution in [2.75, 3.05) is 0 Å². The summed E-state index contributed by atoms with van der Waals surface area (Å²) in [6.07, 6.45) is 0. The van der Waals surface area contributed by atoms with Crippen LogP contribution in [0.2, 0.25) is 0 Å². The van der Waals surface area contributed by atoms with Crippen LogP contribution in [0.25, 0.3) is 0 Å². The zero-order chi connectivity index (χ0) is 14.0. The Labute approximate surface area is 111 Å². The molecule has 1 aromatic carbocycles. The number of nitrogens with one attached hydrogen (secondary N) is 1. The summed E-state index contributed by atoms with van der Waals surface area (Å²) in [7, 11) is -1.90. The number of nitrogens with zero attached hydrogens (tertiary/aromatic N) is 4. The molecule has 1 heterocycles. The van der Waals surface area contributed by atoms with E-state index < -0.39 is 10.0 Å². The molecule has 0 amide bonds. The lowest BCUT2D eigenvalue weighted by atomic mass is 10.1. The van der Waals surface area contributed by atoms with Gasteiger partial charge in [-0.2, -0.15) is 0 Å². The third-order valence-electron chi connectivity index (χ3n) is 2.92. The minimum Gasteiger partial charge on any atom is -0.231 e. The first-order valence-electron chi connectivity index (χ1n) is 5.68. The number of benzene rings is 1. The first-order chi connectivity index (χ1) is 8.90. The first kappa shape index (κ1) is 13.6. The van der Waals surface area contributed by atoms with E-state index in [0.717, 1.165) is 11.1 Å². The quantitative estimate of drug-likeness (QED) is 0.871. The molecule has 0 spiro atoms. The molecule has 8 heteroatoms. The Morgan fingerprint density at radius 3 is 2.58 bits per heavy atom. The second-order valence-corrected chi connectivity index (χ2v) is 6.06. The zero-order valence-corrected chi connectivity index (χ0v) is 11.8. The second-order valence-electron chi connectivity index (χ2n) is 4.29. The van der Waals surface area contributed by atoms with Gasteiger partial charge in [-0.15, -0.1) is 5.10 Å². The summed E-state index contributed by atoms with van der Waals surface area (Å²) in [4.78, 5) is 0.241. The molecule has 0 fully saturated rings. The predicted molar refractivity (Wildman–Crippen MR) is 68.7 cm³/mol. The maximum Gasteiger partial charge on any atom is 0.240 e. The number of aromatic nitrogens is 4. The summed E-state index contributed by atoms with van der Waals surface area (Å²) in [6, 6.07) is 5.01. The van der Waals surface area contributed by atoms with Crippen molar-refractivity contribution in [2.45, 2.75) is 25.3 Å². The van der Waals surface area contributed by atoms with Crippen LogP contribution in [-0.2, 0) is 23.6 Å². The molecule has 7 nitrogen and oxygen atoms in total. The lowest BCUT2D eigenvalue weighted by Gasteiger charge is -2.08. The van der Waals surface area contributed by atoms with E-state index in [9.17, 15) is 8.42 Å². The highest BCUT2D eigenvalue weighted by Gasteiger charge is 2.15. The number of hydrogen-bond donors (Lipinski definition) is 1. The highest BCUT2D eigenvalue weighted by atomic mass is 32.2. The van der Waals surface area contributed by atoms with E-state index in [-0.39, 0.29) is 11.4 Å². The number of aryl methyl sites for hydroxylation is 3. The maximum absolute atomic E-state index is 12.1. The molecule has 1 N–H and O–H groups in total. The second kappa shape index (κ2) is 5.06. The molecule has 0 saturated carbocycles. The Kier molecular flexibility index (Phi) is 3.63. The van der Waals surface area contributed by atoms with Crippen LogP contribution in [0.3, 0.4) is 0 Å². The third-order valence-corrected chi connectivity index (χ3v) is 4.32. The van der Waals surface area contributed by atoms with E-state index >= 15 is 0 Å². The van der Waals surface area contributed by atoms with Gasteiger partial charge >= 0.3 is 0 Å². The van der Waals surface area contributed by atoms with E-state index in [1.807, 2.05) is 13.8 Å². The highest BCUT2D eigenvalue weighted by molar-refractivity contribution is 7.89. The molecule has 2 aromatic rings. The lowest BCUT2D eigenvalue weighted by Crippen LogP contribution is -2.25. The normalized spacial score (nSPS) is 11.7. The van der Waals surface area contributed by atoms with Crippen molar-refractivity contribution < 1.29 is 8.42 Å². The van der Waals surface area contributed by atoms with Gasteiger partial charge in [-0.1, -0.05) is 6.07 Å². The van der Waals surface area contributed by atoms with Crippen molar-refractivity contribution in [3.63, 3.8) is 0 Å². The number of sulfonamides is 1. The molecule has 102 valence electrons. The van der Waals surface area contributed by atoms with Crippen molar-refractivity contribution in [3.05, 3.63) is 35.2 Å². The van der Waals surface area contributed by atoms with Gasteiger partial charge in [0.1, 0.15) is 0 Å². The number of tetrazole rings is 1. The molecule has 0 atom stereocenters. The van der Waals surface area contributed by atoms with E-state index in [4.69, 9.17) is 0 Å². The van der Waals surface area contributed by atoms with Gasteiger partial charge in [0.15, 0.2) is 5.82 Å². The molecule has 19 heavy (non-hydrogen) atoms. The largest absolute Gasteiger partial charge is 0.240 e. The topological polar surface area (TPSA) is 89.8 Å². The number of hydrogen-bond acceptors (Lipinski definition) is 5. The van der Waals surface area contributed by atoms with Crippen LogP contribution in [0.5, 0.6) is 0 Å². The molecular weight excluding hydrogens is 266 g/mol. The summed E-state index contributed by atoms with van der Waals surface area (Å²) in [6.45, 7) is 3.87. The van der Waals surface area contributed by atoms with Crippen LogP contribution in [-0.4, -0.2) is 28.6 Å². The molecule has 0 aliphatic heterocycles. The molecule has 0 aliphatic rings. The van der Waals surface area contributed by atoms with Gasteiger partial charge in [0.05, 0.1) is 11.4 Å². The number of rotatable bonds is 4. The monoisotopic (exact) mass is 281 g/mol. The molecule has 1 aromatic heterocycles. The summed E-state index contributed by atoms with van der Waals surface area (Å²) in [5.41, 5.74) is 1.99. The highest BCUT2D eigenvalue weighted by Crippen LogP contribution is 2.14. The van der Waals surface area contributed by atoms with Crippen LogP contribution in [0.1, 0.15) is 17.0 Å². The van der Waals surface area contributed by atoms with Crippen molar-refractivity contribution in [3.8, 4) is 0 Å². The minimum atomic E-state index is -3.55. The van der Waals surface area contributed by atoms with Gasteiger partial charge in [0.25, 0.3) is 0 Å². The molecule has 0 bridgehead atoms. The van der Waals surface area contributed by atoms with Gasteiger partial charge in [0, 0.05) is 7.05 Å². The Balaban J connectivity index is 2.18. The molecule has 0 radical (unpaired) electrons. The van der Waals surface area contributed by atoms with E-state index in [1.54, 1.807) is 25.2 Å². The van der Waals surface area contributed by atoms with Crippen molar-refractivity contribution in [2.24, 2.45) is 7.05 Å². The van der Waals surface area contributed by atoms with E-state index in [0.29, 0.717) is 5.82 Å². The summed E-state index contributed by atoms with van der Waals surface area (Å²) in [5.74, 6) is 0.451. The smallest absolute Gasteiger partial charge is 0.231 e. The average Bonchev–Trinajstić information content (AvgIpc) is 2.76. The summed E-state index contributed by atoms with van der Waals surface area (Å²) >= 11 is 0. The molecular formula is C11H15N5O2S. The van der Waals surface area contributed by atoms with Gasteiger partial charge < -0.3 is 0 Å². The van der Waals surface area contributed by atoms with Crippen LogP contribution >= 0.6 is 0 Å². The Hall–Kier alpha value is -1.80. The lowest BCUT2D eigenvalue weighted by molar-refractivity contribution is 0.575. The van der Waals surface area contributed by atoms with Gasteiger partial charge in [-0.05, 0) is 47.5 Å². The fraction of sp³-hybridized carbons (Fsp3) is 0.364. The van der Waals surface area contributed by atoms with Gasteiger partial charge in [-0.25, -0.2) is 17.8 Å². The van der Waals surface area contributed by atoms with Crippen LogP contribution in [0.15, 0.2) is 23.1 Å². The van der Waals surface area contributed by atoms with E-state index in [1.165, 1.54) is 4.68 Å². The summed E-state index contributed by atoms with van der Waals surface area (Å²) < 4.78 is 28.1. The predicted octanol–water partition coefficient (Wildman–Crippen LogP) is 0.305. The van der Waals surface area contributed by atoms with Crippen LogP contribution < -0.4 is 4.72 Å². The fourth-order valence-electron chi connectivity index (χ4n) is 1.52. The SMILES string of the molecule is Cc1ccc(S(=O)(=O)NCc2nnnn2C)cc1C. The zero-order valence-electron chi connectivity index (χ0n) is 11.0. The van der Waals surface area contributed by atoms with E-state index in [2.05, 4.69) is 20.2 Å². The molecule has 0 saturated heterocycles. The van der Waals surface area contributed by atoms with Crippen LogP contribution in [0.4, 0.5) is 0 Å². The molecule has 0 aliphatic carbocycles. The van der Waals surface area contributed by atoms with Gasteiger partial charge in [-0.3, -0.25) is 0 Å². The van der Waals surface area contributed by atoms with Crippen molar-refractivity contribution in [1.82, 2.24) is 24.9 Å². The van der Waals surface area contributed by atoms with Crippen molar-refractivity contribution in [1.29, 1.82) is 0 Å². The average molecular weight is 281 g/mol. The Morgan fingerprint density at radius 2 is 2.00 bits per heavy atom.